The van der Waals surface area contributed by atoms with E-state index in [-0.39, 0.29) is 21.2 Å². The van der Waals surface area contributed by atoms with Crippen molar-refractivity contribution in [2.75, 3.05) is 4.43 Å². The average molecular weight is 386 g/mol. The fraction of sp³-hybridized carbons (Fsp3) is 0.400. The van der Waals surface area contributed by atoms with Crippen molar-refractivity contribution in [3.63, 3.8) is 0 Å². The van der Waals surface area contributed by atoms with Gasteiger partial charge in [0.05, 0.1) is 0 Å². The van der Waals surface area contributed by atoms with Gasteiger partial charge in [-0.05, 0) is 0 Å². The molecule has 0 spiro atoms. The van der Waals surface area contributed by atoms with Gasteiger partial charge >= 0.3 is 95.6 Å². The average Bonchev–Trinajstić information content (AvgIpc) is 2.23. The quantitative estimate of drug-likeness (QED) is 0.302. The summed E-state index contributed by atoms with van der Waals surface area (Å²) in [5, 5.41) is 0. The number of halogens is 2. The number of rotatable bonds is 0. The molecule has 0 amide bonds. The van der Waals surface area contributed by atoms with Crippen molar-refractivity contribution in [3.8, 4) is 0 Å². The van der Waals surface area contributed by atoms with E-state index in [1.165, 1.54) is 10.8 Å². The number of allylic oxidation sites excluding steroid dienone is 6. The number of hydrogen-bond donors (Lipinski definition) is 0. The maximum absolute atomic E-state index is 2.50. The molecule has 68 valence electrons. The normalized spacial score (nSPS) is 24.5. The molecule has 0 atom stereocenters. The molecule has 0 radical (unpaired) electrons. The monoisotopic (exact) mass is 386 g/mol. The maximum atomic E-state index is 2.50. The third-order valence-electron chi connectivity index (χ3n) is 1.93. The molecule has 0 aromatic carbocycles. The Bertz CT molecular complexity index is 295. The number of alkyl halides is 1. The van der Waals surface area contributed by atoms with Gasteiger partial charge in [-0.3, -0.25) is 0 Å². The Morgan fingerprint density at radius 3 is 2.83 bits per heavy atom. The molecule has 0 saturated heterocycles. The summed E-state index contributed by atoms with van der Waals surface area (Å²) < 4.78 is 6.54. The Kier molecular flexibility index (Phi) is 2.94. The van der Waals surface area contributed by atoms with Crippen molar-refractivity contribution in [3.05, 3.63) is 28.5 Å². The van der Waals surface area contributed by atoms with Gasteiger partial charge in [0.2, 0.25) is 0 Å². The van der Waals surface area contributed by atoms with Crippen LogP contribution in [0.2, 0.25) is 0 Å². The van der Waals surface area contributed by atoms with E-state index >= 15 is 0 Å². The molecule has 12 heavy (non-hydrogen) atoms. The van der Waals surface area contributed by atoms with Crippen LogP contribution in [0.15, 0.2) is 28.5 Å². The summed E-state index contributed by atoms with van der Waals surface area (Å²) in [5.41, 5.74) is 1.68. The van der Waals surface area contributed by atoms with E-state index in [2.05, 4.69) is 26.0 Å². The first-order valence-corrected chi connectivity index (χ1v) is 8.85. The van der Waals surface area contributed by atoms with Crippen molar-refractivity contribution >= 4 is 0 Å². The summed E-state index contributed by atoms with van der Waals surface area (Å²) in [4.78, 5) is 0. The number of hydrogen-bond acceptors (Lipinski definition) is 0. The zero-order valence-electron chi connectivity index (χ0n) is 7.32. The molecule has 0 aliphatic carbocycles. The molecular weight excluding hydrogens is 374 g/mol. The van der Waals surface area contributed by atoms with Crippen LogP contribution in [0.1, 0.15) is 20.3 Å². The second-order valence-corrected chi connectivity index (χ2v) is 9.95. The van der Waals surface area contributed by atoms with Gasteiger partial charge in [0.1, 0.15) is 0 Å². The molecule has 2 heterocycles. The van der Waals surface area contributed by atoms with E-state index < -0.39 is 0 Å². The van der Waals surface area contributed by atoms with Crippen LogP contribution in [-0.2, 0) is 0 Å². The summed E-state index contributed by atoms with van der Waals surface area (Å²) in [6.07, 6.45) is 6.31. The van der Waals surface area contributed by atoms with Gasteiger partial charge in [0.15, 0.2) is 0 Å². The van der Waals surface area contributed by atoms with E-state index in [0.717, 1.165) is 0 Å². The molecule has 0 bridgehead atoms. The third kappa shape index (κ3) is 1.95. The molecule has 2 aliphatic rings. The van der Waals surface area contributed by atoms with Crippen LogP contribution in [0.25, 0.3) is 0 Å². The summed E-state index contributed by atoms with van der Waals surface area (Å²) >= 11 is 0.646. The molecule has 0 aromatic rings. The fourth-order valence-electron chi connectivity index (χ4n) is 1.38. The van der Waals surface area contributed by atoms with Gasteiger partial charge in [-0.15, -0.1) is 0 Å². The molecule has 0 fully saturated rings. The van der Waals surface area contributed by atoms with Crippen LogP contribution >= 0.6 is 0 Å². The van der Waals surface area contributed by atoms with E-state index in [1.807, 2.05) is 0 Å². The SMILES string of the molecule is CC1=CC2=C(C=C(C)[I-]2)CC[I-]1. The first-order valence-electron chi connectivity index (χ1n) is 4.09. The molecule has 2 aliphatic heterocycles. The van der Waals surface area contributed by atoms with Gasteiger partial charge in [-0.25, -0.2) is 0 Å². The Morgan fingerprint density at radius 2 is 2.00 bits per heavy atom. The van der Waals surface area contributed by atoms with Crippen LogP contribution in [0.4, 0.5) is 0 Å². The zero-order valence-corrected chi connectivity index (χ0v) is 11.6. The van der Waals surface area contributed by atoms with Crippen LogP contribution in [0.5, 0.6) is 0 Å². The first kappa shape index (κ1) is 9.24. The molecular formula is C10H12I2-2. The van der Waals surface area contributed by atoms with Crippen molar-refractivity contribution in [1.82, 2.24) is 0 Å². The standard InChI is InChI=1S/C10H12I2/c1-7-6-10-9(3-4-11-7)5-8(2)12-10/h5-6H,3-4H2,1-2H3/q-2. The molecule has 0 unspecified atom stereocenters. The summed E-state index contributed by atoms with van der Waals surface area (Å²) in [7, 11) is 0. The summed E-state index contributed by atoms with van der Waals surface area (Å²) in [6.45, 7) is 4.61. The minimum absolute atomic E-state index is 0.255. The Balaban J connectivity index is 2.29. The van der Waals surface area contributed by atoms with E-state index in [1.54, 1.807) is 16.3 Å². The fourth-order valence-corrected chi connectivity index (χ4v) is 7.05. The van der Waals surface area contributed by atoms with Crippen molar-refractivity contribution in [1.29, 1.82) is 0 Å². The molecule has 2 rings (SSSR count). The molecule has 0 saturated carbocycles. The molecule has 0 N–H and O–H groups in total. The van der Waals surface area contributed by atoms with Crippen LogP contribution in [-0.4, -0.2) is 4.43 Å². The summed E-state index contributed by atoms with van der Waals surface area (Å²) in [6, 6.07) is 0. The second kappa shape index (κ2) is 3.82. The second-order valence-electron chi connectivity index (χ2n) is 3.00. The predicted molar refractivity (Wildman–Crippen MR) is 44.0 cm³/mol. The van der Waals surface area contributed by atoms with E-state index in [0.29, 0.717) is 21.2 Å². The van der Waals surface area contributed by atoms with Crippen LogP contribution < -0.4 is 42.4 Å². The Labute approximate surface area is 94.7 Å². The van der Waals surface area contributed by atoms with Gasteiger partial charge < -0.3 is 0 Å². The van der Waals surface area contributed by atoms with Crippen molar-refractivity contribution in [2.45, 2.75) is 20.3 Å². The Hall–Kier alpha value is 0.680. The first-order chi connectivity index (χ1) is 5.75. The summed E-state index contributed by atoms with van der Waals surface area (Å²) in [5.74, 6) is 0. The Morgan fingerprint density at radius 1 is 1.17 bits per heavy atom. The minimum atomic E-state index is 0.255. The zero-order chi connectivity index (χ0) is 8.55. The predicted octanol–water partition coefficient (Wildman–Crippen LogP) is -3.36. The van der Waals surface area contributed by atoms with Crippen LogP contribution in [0, 0.1) is 0 Å². The van der Waals surface area contributed by atoms with Gasteiger partial charge in [0, 0.05) is 0 Å². The molecule has 2 heteroatoms. The van der Waals surface area contributed by atoms with E-state index in [9.17, 15) is 0 Å². The van der Waals surface area contributed by atoms with Crippen molar-refractivity contribution in [2.24, 2.45) is 0 Å². The van der Waals surface area contributed by atoms with Gasteiger partial charge in [0.25, 0.3) is 0 Å². The topological polar surface area (TPSA) is 0 Å². The van der Waals surface area contributed by atoms with Gasteiger partial charge in [-0.1, -0.05) is 0 Å². The van der Waals surface area contributed by atoms with Crippen molar-refractivity contribution < 1.29 is 42.4 Å². The molecule has 0 aromatic heterocycles. The van der Waals surface area contributed by atoms with Gasteiger partial charge in [-0.2, -0.15) is 0 Å². The van der Waals surface area contributed by atoms with Crippen LogP contribution in [0.3, 0.4) is 0 Å². The molecule has 0 nitrogen and oxygen atoms in total. The van der Waals surface area contributed by atoms with E-state index in [4.69, 9.17) is 0 Å². The third-order valence-corrected chi connectivity index (χ3v) is 7.27.